The molecule has 17 heavy (non-hydrogen) atoms. The Hall–Kier alpha value is -1.38. The first-order valence-electron chi connectivity index (χ1n) is 6.13. The Morgan fingerprint density at radius 2 is 2.18 bits per heavy atom. The number of carbonyl (C=O) groups is 1. The minimum atomic E-state index is -0.295. The van der Waals surface area contributed by atoms with Crippen molar-refractivity contribution in [3.8, 4) is 0 Å². The van der Waals surface area contributed by atoms with Gasteiger partial charge in [-0.25, -0.2) is 4.39 Å². The molecule has 1 fully saturated rings. The predicted molar refractivity (Wildman–Crippen MR) is 67.0 cm³/mol. The van der Waals surface area contributed by atoms with Gasteiger partial charge in [-0.2, -0.15) is 0 Å². The molecule has 2 nitrogen and oxygen atoms in total. The van der Waals surface area contributed by atoms with E-state index in [0.717, 1.165) is 25.7 Å². The topological polar surface area (TPSA) is 20.3 Å². The maximum Gasteiger partial charge on any atom is 0.152 e. The third-order valence-electron chi connectivity index (χ3n) is 3.57. The van der Waals surface area contributed by atoms with Gasteiger partial charge in [0.1, 0.15) is 5.82 Å². The van der Waals surface area contributed by atoms with E-state index >= 15 is 0 Å². The average Bonchev–Trinajstić information content (AvgIpc) is 2.30. The number of aldehydes is 1. The first-order chi connectivity index (χ1) is 8.13. The van der Waals surface area contributed by atoms with E-state index in [4.69, 9.17) is 0 Å². The summed E-state index contributed by atoms with van der Waals surface area (Å²) in [5.74, 6) is 0.378. The van der Waals surface area contributed by atoms with Gasteiger partial charge in [0.15, 0.2) is 6.29 Å². The highest BCUT2D eigenvalue weighted by atomic mass is 19.1. The lowest BCUT2D eigenvalue weighted by molar-refractivity contribution is 0.112. The molecule has 1 aromatic rings. The number of carbonyl (C=O) groups excluding carboxylic acids is 1. The Morgan fingerprint density at radius 1 is 1.41 bits per heavy atom. The molecule has 0 aromatic heterocycles. The molecule has 1 aliphatic rings. The van der Waals surface area contributed by atoms with E-state index in [2.05, 4.69) is 13.8 Å². The first-order valence-corrected chi connectivity index (χ1v) is 6.13. The van der Waals surface area contributed by atoms with Gasteiger partial charge in [-0.05, 0) is 37.8 Å². The SMILES string of the molecule is CC1CCN(c2c(F)cccc2C=O)C(C)C1. The standard InChI is InChI=1S/C14H18FNO/c1-10-6-7-16(11(2)8-10)14-12(9-17)4-3-5-13(14)15/h3-5,9-11H,6-8H2,1-2H3. The van der Waals surface area contributed by atoms with Gasteiger partial charge < -0.3 is 4.90 Å². The monoisotopic (exact) mass is 235 g/mol. The molecule has 2 atom stereocenters. The van der Waals surface area contributed by atoms with Crippen molar-refractivity contribution in [1.29, 1.82) is 0 Å². The van der Waals surface area contributed by atoms with Crippen LogP contribution in [0.1, 0.15) is 37.0 Å². The summed E-state index contributed by atoms with van der Waals surface area (Å²) in [4.78, 5) is 13.0. The van der Waals surface area contributed by atoms with Crippen molar-refractivity contribution in [2.45, 2.75) is 32.7 Å². The fraction of sp³-hybridized carbons (Fsp3) is 0.500. The summed E-state index contributed by atoms with van der Waals surface area (Å²) in [6.07, 6.45) is 2.84. The molecule has 92 valence electrons. The van der Waals surface area contributed by atoms with Crippen molar-refractivity contribution in [2.24, 2.45) is 5.92 Å². The van der Waals surface area contributed by atoms with E-state index in [0.29, 0.717) is 17.2 Å². The Morgan fingerprint density at radius 3 is 2.82 bits per heavy atom. The number of rotatable bonds is 2. The van der Waals surface area contributed by atoms with Gasteiger partial charge >= 0.3 is 0 Å². The lowest BCUT2D eigenvalue weighted by atomic mass is 9.92. The molecule has 1 saturated heterocycles. The van der Waals surface area contributed by atoms with Gasteiger partial charge in [0.2, 0.25) is 0 Å². The Bertz CT molecular complexity index is 419. The molecule has 1 aliphatic heterocycles. The molecular weight excluding hydrogens is 217 g/mol. The molecule has 3 heteroatoms. The van der Waals surface area contributed by atoms with Gasteiger partial charge in [-0.15, -0.1) is 0 Å². The molecule has 0 N–H and O–H groups in total. The van der Waals surface area contributed by atoms with Crippen molar-refractivity contribution >= 4 is 12.0 Å². The summed E-state index contributed by atoms with van der Waals surface area (Å²) < 4.78 is 13.9. The molecule has 1 heterocycles. The van der Waals surface area contributed by atoms with Crippen molar-refractivity contribution in [2.75, 3.05) is 11.4 Å². The minimum absolute atomic E-state index is 0.286. The first kappa shape index (κ1) is 12.1. The van der Waals surface area contributed by atoms with E-state index in [1.165, 1.54) is 6.07 Å². The lowest BCUT2D eigenvalue weighted by Gasteiger charge is -2.39. The largest absolute Gasteiger partial charge is 0.366 e. The summed E-state index contributed by atoms with van der Waals surface area (Å²) >= 11 is 0. The average molecular weight is 235 g/mol. The molecule has 2 rings (SSSR count). The second kappa shape index (κ2) is 4.86. The van der Waals surface area contributed by atoms with Gasteiger partial charge in [0, 0.05) is 18.2 Å². The molecule has 0 spiro atoms. The smallest absolute Gasteiger partial charge is 0.152 e. The third kappa shape index (κ3) is 2.33. The zero-order valence-corrected chi connectivity index (χ0v) is 10.3. The second-order valence-electron chi connectivity index (χ2n) is 4.97. The van der Waals surface area contributed by atoms with Crippen LogP contribution in [0, 0.1) is 11.7 Å². The van der Waals surface area contributed by atoms with Crippen LogP contribution >= 0.6 is 0 Å². The molecular formula is C14H18FNO. The summed E-state index contributed by atoms with van der Waals surface area (Å²) in [5.41, 5.74) is 0.924. The number of para-hydroxylation sites is 1. The Balaban J connectivity index is 2.36. The Labute approximate surface area is 101 Å². The molecule has 0 bridgehead atoms. The highest BCUT2D eigenvalue weighted by molar-refractivity contribution is 5.85. The zero-order valence-electron chi connectivity index (χ0n) is 10.3. The summed E-state index contributed by atoms with van der Waals surface area (Å²) in [6, 6.07) is 4.97. The van der Waals surface area contributed by atoms with Crippen LogP contribution in [0.2, 0.25) is 0 Å². The van der Waals surface area contributed by atoms with Crippen molar-refractivity contribution in [1.82, 2.24) is 0 Å². The van der Waals surface area contributed by atoms with Gasteiger partial charge in [0.25, 0.3) is 0 Å². The number of nitrogens with zero attached hydrogens (tertiary/aromatic N) is 1. The molecule has 0 radical (unpaired) electrons. The van der Waals surface area contributed by atoms with Crippen LogP contribution in [0.15, 0.2) is 18.2 Å². The number of hydrogen-bond acceptors (Lipinski definition) is 2. The van der Waals surface area contributed by atoms with Crippen LogP contribution < -0.4 is 4.90 Å². The van der Waals surface area contributed by atoms with E-state index < -0.39 is 0 Å². The zero-order chi connectivity index (χ0) is 12.4. The van der Waals surface area contributed by atoms with Crippen LogP contribution in [0.4, 0.5) is 10.1 Å². The van der Waals surface area contributed by atoms with Crippen molar-refractivity contribution < 1.29 is 9.18 Å². The van der Waals surface area contributed by atoms with Crippen molar-refractivity contribution in [3.63, 3.8) is 0 Å². The maximum absolute atomic E-state index is 13.9. The van der Waals surface area contributed by atoms with Gasteiger partial charge in [-0.3, -0.25) is 4.79 Å². The molecule has 0 amide bonds. The molecule has 0 saturated carbocycles. The predicted octanol–water partition coefficient (Wildman–Crippen LogP) is 3.26. The fourth-order valence-corrected chi connectivity index (χ4v) is 2.67. The second-order valence-corrected chi connectivity index (χ2v) is 4.97. The van der Waals surface area contributed by atoms with E-state index in [-0.39, 0.29) is 11.9 Å². The van der Waals surface area contributed by atoms with Crippen LogP contribution in [0.5, 0.6) is 0 Å². The summed E-state index contributed by atoms with van der Waals surface area (Å²) in [7, 11) is 0. The normalized spacial score (nSPS) is 24.8. The van der Waals surface area contributed by atoms with E-state index in [1.54, 1.807) is 12.1 Å². The minimum Gasteiger partial charge on any atom is -0.366 e. The highest BCUT2D eigenvalue weighted by Gasteiger charge is 2.26. The molecule has 1 aromatic carbocycles. The van der Waals surface area contributed by atoms with Gasteiger partial charge in [0.05, 0.1) is 5.69 Å². The van der Waals surface area contributed by atoms with Gasteiger partial charge in [-0.1, -0.05) is 13.0 Å². The van der Waals surface area contributed by atoms with Crippen molar-refractivity contribution in [3.05, 3.63) is 29.6 Å². The lowest BCUT2D eigenvalue weighted by Crippen LogP contribution is -2.41. The maximum atomic E-state index is 13.9. The number of piperidine rings is 1. The number of halogens is 1. The summed E-state index contributed by atoms with van der Waals surface area (Å²) in [5, 5.41) is 0. The van der Waals surface area contributed by atoms with E-state index in [1.807, 2.05) is 4.90 Å². The van der Waals surface area contributed by atoms with Crippen LogP contribution in [0.3, 0.4) is 0 Å². The van der Waals surface area contributed by atoms with Crippen LogP contribution in [-0.2, 0) is 0 Å². The van der Waals surface area contributed by atoms with Crippen LogP contribution in [0.25, 0.3) is 0 Å². The molecule has 0 aliphatic carbocycles. The fourth-order valence-electron chi connectivity index (χ4n) is 2.67. The van der Waals surface area contributed by atoms with Crippen LogP contribution in [-0.4, -0.2) is 18.9 Å². The summed E-state index contributed by atoms with van der Waals surface area (Å²) in [6.45, 7) is 5.14. The molecule has 2 unspecified atom stereocenters. The Kier molecular flexibility index (Phi) is 3.46. The third-order valence-corrected chi connectivity index (χ3v) is 3.57. The number of benzene rings is 1. The number of anilines is 1. The van der Waals surface area contributed by atoms with E-state index in [9.17, 15) is 9.18 Å². The quantitative estimate of drug-likeness (QED) is 0.733. The number of hydrogen-bond donors (Lipinski definition) is 0. The highest BCUT2D eigenvalue weighted by Crippen LogP contribution is 2.31.